The van der Waals surface area contributed by atoms with Crippen LogP contribution >= 0.6 is 11.6 Å². The molecule has 27 heavy (non-hydrogen) atoms. The van der Waals surface area contributed by atoms with Crippen LogP contribution in [0, 0.1) is 5.92 Å². The number of nitrogens with zero attached hydrogens (tertiary/aromatic N) is 3. The summed E-state index contributed by atoms with van der Waals surface area (Å²) in [7, 11) is 1.64. The van der Waals surface area contributed by atoms with Gasteiger partial charge >= 0.3 is 0 Å². The van der Waals surface area contributed by atoms with Gasteiger partial charge in [0.05, 0.1) is 7.11 Å². The van der Waals surface area contributed by atoms with Crippen molar-refractivity contribution in [2.45, 2.75) is 40.3 Å². The Morgan fingerprint density at radius 3 is 2.81 bits per heavy atom. The van der Waals surface area contributed by atoms with Gasteiger partial charge in [0.1, 0.15) is 18.1 Å². The van der Waals surface area contributed by atoms with Crippen LogP contribution in [0.2, 0.25) is 5.02 Å². The quantitative estimate of drug-likeness (QED) is 0.507. The van der Waals surface area contributed by atoms with Crippen molar-refractivity contribution >= 4 is 17.6 Å². The SMILES string of the molecule is CCNC(=NCc1nccn1CC(C)C)NCCc1ccc(OC)cc1Cl. The van der Waals surface area contributed by atoms with Crippen molar-refractivity contribution in [1.29, 1.82) is 0 Å². The van der Waals surface area contributed by atoms with E-state index in [0.717, 1.165) is 49.2 Å². The maximum absolute atomic E-state index is 6.31. The fraction of sp³-hybridized carbons (Fsp3) is 0.500. The Balaban J connectivity index is 1.93. The minimum atomic E-state index is 0.540. The molecule has 2 aromatic rings. The molecule has 2 N–H and O–H groups in total. The summed E-state index contributed by atoms with van der Waals surface area (Å²) in [5, 5.41) is 7.35. The highest BCUT2D eigenvalue weighted by Gasteiger charge is 2.06. The molecule has 0 amide bonds. The van der Waals surface area contributed by atoms with Crippen molar-refractivity contribution in [3.63, 3.8) is 0 Å². The van der Waals surface area contributed by atoms with E-state index in [1.807, 2.05) is 30.6 Å². The third-order valence-corrected chi connectivity index (χ3v) is 4.39. The molecule has 1 heterocycles. The molecule has 1 aromatic heterocycles. The number of halogens is 1. The highest BCUT2D eigenvalue weighted by Crippen LogP contribution is 2.22. The summed E-state index contributed by atoms with van der Waals surface area (Å²) in [6.07, 6.45) is 4.64. The van der Waals surface area contributed by atoms with Gasteiger partial charge in [-0.3, -0.25) is 0 Å². The van der Waals surface area contributed by atoms with Gasteiger partial charge in [-0.25, -0.2) is 9.98 Å². The van der Waals surface area contributed by atoms with Crippen molar-refractivity contribution in [3.05, 3.63) is 47.0 Å². The number of benzene rings is 1. The van der Waals surface area contributed by atoms with Crippen LogP contribution in [-0.4, -0.2) is 35.7 Å². The summed E-state index contributed by atoms with van der Waals surface area (Å²) in [6.45, 7) is 9.47. The van der Waals surface area contributed by atoms with Crippen molar-refractivity contribution in [3.8, 4) is 5.75 Å². The molecular weight excluding hydrogens is 362 g/mol. The summed E-state index contributed by atoms with van der Waals surface area (Å²) >= 11 is 6.31. The van der Waals surface area contributed by atoms with E-state index in [-0.39, 0.29) is 0 Å². The van der Waals surface area contributed by atoms with Gasteiger partial charge in [0.2, 0.25) is 0 Å². The molecule has 6 nitrogen and oxygen atoms in total. The zero-order valence-electron chi connectivity index (χ0n) is 16.6. The van der Waals surface area contributed by atoms with Gasteiger partial charge in [-0.05, 0) is 37.0 Å². The van der Waals surface area contributed by atoms with Crippen molar-refractivity contribution in [2.75, 3.05) is 20.2 Å². The van der Waals surface area contributed by atoms with Crippen LogP contribution in [0.4, 0.5) is 0 Å². The molecular formula is C20H30ClN5O. The van der Waals surface area contributed by atoms with Crippen LogP contribution in [0.25, 0.3) is 0 Å². The van der Waals surface area contributed by atoms with E-state index in [0.29, 0.717) is 17.5 Å². The monoisotopic (exact) mass is 391 g/mol. The van der Waals surface area contributed by atoms with Crippen molar-refractivity contribution in [2.24, 2.45) is 10.9 Å². The molecule has 0 aliphatic rings. The van der Waals surface area contributed by atoms with E-state index in [4.69, 9.17) is 16.3 Å². The second kappa shape index (κ2) is 10.8. The van der Waals surface area contributed by atoms with E-state index in [2.05, 4.69) is 45.9 Å². The lowest BCUT2D eigenvalue weighted by Gasteiger charge is -2.13. The summed E-state index contributed by atoms with van der Waals surface area (Å²) in [4.78, 5) is 9.09. The van der Waals surface area contributed by atoms with Gasteiger partial charge in [0.25, 0.3) is 0 Å². The second-order valence-corrected chi connectivity index (χ2v) is 7.13. The molecule has 2 rings (SSSR count). The Labute approximate surface area is 167 Å². The topological polar surface area (TPSA) is 63.5 Å². The van der Waals surface area contributed by atoms with Crippen LogP contribution in [-0.2, 0) is 19.5 Å². The third kappa shape index (κ3) is 6.79. The molecule has 0 aliphatic carbocycles. The second-order valence-electron chi connectivity index (χ2n) is 6.72. The smallest absolute Gasteiger partial charge is 0.191 e. The van der Waals surface area contributed by atoms with Crippen LogP contribution in [0.5, 0.6) is 5.75 Å². The highest BCUT2D eigenvalue weighted by atomic mass is 35.5. The Morgan fingerprint density at radius 2 is 2.15 bits per heavy atom. The van der Waals surface area contributed by atoms with E-state index in [1.54, 1.807) is 7.11 Å². The normalized spacial score (nSPS) is 11.7. The molecule has 0 saturated carbocycles. The summed E-state index contributed by atoms with van der Waals surface area (Å²) in [6, 6.07) is 5.76. The van der Waals surface area contributed by atoms with Gasteiger partial charge in [-0.1, -0.05) is 31.5 Å². The lowest BCUT2D eigenvalue weighted by atomic mass is 10.1. The number of hydrogen-bond donors (Lipinski definition) is 2. The zero-order valence-corrected chi connectivity index (χ0v) is 17.4. The molecule has 0 radical (unpaired) electrons. The molecule has 0 fully saturated rings. The van der Waals surface area contributed by atoms with E-state index < -0.39 is 0 Å². The Bertz CT molecular complexity index is 742. The molecule has 0 atom stereocenters. The number of methoxy groups -OCH3 is 1. The number of rotatable bonds is 9. The third-order valence-electron chi connectivity index (χ3n) is 4.03. The minimum Gasteiger partial charge on any atom is -0.497 e. The molecule has 7 heteroatoms. The van der Waals surface area contributed by atoms with E-state index in [1.165, 1.54) is 0 Å². The fourth-order valence-corrected chi connectivity index (χ4v) is 2.98. The van der Waals surface area contributed by atoms with Gasteiger partial charge < -0.3 is 19.9 Å². The van der Waals surface area contributed by atoms with Gasteiger partial charge in [-0.15, -0.1) is 0 Å². The molecule has 0 spiro atoms. The molecule has 0 bridgehead atoms. The number of imidazole rings is 1. The summed E-state index contributed by atoms with van der Waals surface area (Å²) in [5.41, 5.74) is 1.08. The average Bonchev–Trinajstić information content (AvgIpc) is 3.07. The number of aliphatic imine (C=N–C) groups is 1. The molecule has 0 saturated heterocycles. The number of guanidine groups is 1. The maximum Gasteiger partial charge on any atom is 0.191 e. The van der Waals surface area contributed by atoms with Gasteiger partial charge in [0.15, 0.2) is 5.96 Å². The van der Waals surface area contributed by atoms with Crippen LogP contribution < -0.4 is 15.4 Å². The number of ether oxygens (including phenoxy) is 1. The maximum atomic E-state index is 6.31. The predicted octanol–water partition coefficient (Wildman–Crippen LogP) is 3.50. The van der Waals surface area contributed by atoms with Crippen molar-refractivity contribution < 1.29 is 4.74 Å². The number of hydrogen-bond acceptors (Lipinski definition) is 3. The first-order valence-electron chi connectivity index (χ1n) is 9.38. The largest absolute Gasteiger partial charge is 0.497 e. The fourth-order valence-electron chi connectivity index (χ4n) is 2.72. The van der Waals surface area contributed by atoms with Crippen LogP contribution in [0.3, 0.4) is 0 Å². The minimum absolute atomic E-state index is 0.540. The zero-order chi connectivity index (χ0) is 19.6. The van der Waals surface area contributed by atoms with Gasteiger partial charge in [0, 0.05) is 37.1 Å². The molecule has 0 unspecified atom stereocenters. The summed E-state index contributed by atoms with van der Waals surface area (Å²) < 4.78 is 7.35. The summed E-state index contributed by atoms with van der Waals surface area (Å²) in [5.74, 6) is 3.09. The Morgan fingerprint density at radius 1 is 1.33 bits per heavy atom. The van der Waals surface area contributed by atoms with E-state index in [9.17, 15) is 0 Å². The Kier molecular flexibility index (Phi) is 8.45. The highest BCUT2D eigenvalue weighted by molar-refractivity contribution is 6.31. The first kappa shape index (κ1) is 21.1. The first-order chi connectivity index (χ1) is 13.0. The number of nitrogens with one attached hydrogen (secondary N) is 2. The predicted molar refractivity (Wildman–Crippen MR) is 112 cm³/mol. The van der Waals surface area contributed by atoms with E-state index >= 15 is 0 Å². The van der Waals surface area contributed by atoms with Gasteiger partial charge in [-0.2, -0.15) is 0 Å². The average molecular weight is 392 g/mol. The Hall–Kier alpha value is -2.21. The van der Waals surface area contributed by atoms with Crippen LogP contribution in [0.15, 0.2) is 35.6 Å². The lowest BCUT2D eigenvalue weighted by molar-refractivity contribution is 0.414. The molecule has 0 aliphatic heterocycles. The van der Waals surface area contributed by atoms with Crippen molar-refractivity contribution in [1.82, 2.24) is 20.2 Å². The first-order valence-corrected chi connectivity index (χ1v) is 9.75. The standard InChI is InChI=1S/C20H30ClN5O/c1-5-22-20(25-13-19-23-10-11-26(19)14-15(2)3)24-9-8-16-6-7-17(27-4)12-18(16)21/h6-7,10-12,15H,5,8-9,13-14H2,1-4H3,(H2,22,24,25). The lowest BCUT2D eigenvalue weighted by Crippen LogP contribution is -2.38. The molecule has 1 aromatic carbocycles. The number of aromatic nitrogens is 2. The van der Waals surface area contributed by atoms with Crippen LogP contribution in [0.1, 0.15) is 32.2 Å². The molecule has 148 valence electrons.